The lowest BCUT2D eigenvalue weighted by Gasteiger charge is -2.11. The Hall–Kier alpha value is -3.26. The van der Waals surface area contributed by atoms with E-state index in [0.717, 1.165) is 11.2 Å². The maximum Gasteiger partial charge on any atom is 0.145 e. The van der Waals surface area contributed by atoms with Crippen LogP contribution >= 0.6 is 0 Å². The molecule has 0 aliphatic heterocycles. The van der Waals surface area contributed by atoms with Gasteiger partial charge in [-0.05, 0) is 55.0 Å². The fourth-order valence-electron chi connectivity index (χ4n) is 4.55. The second kappa shape index (κ2) is 5.14. The third-order valence-electron chi connectivity index (χ3n) is 5.69. The molecular weight excluding hydrogens is 330 g/mol. The van der Waals surface area contributed by atoms with E-state index in [1.54, 1.807) is 0 Å². The second-order valence-electron chi connectivity index (χ2n) is 7.61. The van der Waals surface area contributed by atoms with Gasteiger partial charge in [0, 0.05) is 22.2 Å². The molecule has 6 aromatic rings. The number of hydrogen-bond donors (Lipinski definition) is 0. The molecule has 0 saturated heterocycles. The van der Waals surface area contributed by atoms with Crippen molar-refractivity contribution in [1.82, 2.24) is 4.57 Å². The smallest absolute Gasteiger partial charge is 0.145 e. The first-order chi connectivity index (χ1) is 13.2. The zero-order chi connectivity index (χ0) is 18.1. The third kappa shape index (κ3) is 1.90. The molecule has 0 aliphatic rings. The maximum absolute atomic E-state index is 6.37. The highest BCUT2D eigenvalue weighted by Crippen LogP contribution is 2.41. The minimum Gasteiger partial charge on any atom is -0.455 e. The van der Waals surface area contributed by atoms with Gasteiger partial charge in [-0.15, -0.1) is 0 Å². The highest BCUT2D eigenvalue weighted by Gasteiger charge is 2.19. The zero-order valence-electron chi connectivity index (χ0n) is 15.4. The first-order valence-electron chi connectivity index (χ1n) is 9.49. The van der Waals surface area contributed by atoms with Crippen LogP contribution in [0.1, 0.15) is 19.9 Å². The monoisotopic (exact) mass is 349 g/mol. The summed E-state index contributed by atoms with van der Waals surface area (Å²) in [6.07, 6.45) is 0. The van der Waals surface area contributed by atoms with E-state index in [4.69, 9.17) is 4.42 Å². The Balaban J connectivity index is 1.92. The summed E-state index contributed by atoms with van der Waals surface area (Å²) in [4.78, 5) is 0. The van der Waals surface area contributed by atoms with Crippen LogP contribution in [0.5, 0.6) is 0 Å². The molecule has 2 heteroatoms. The molecule has 27 heavy (non-hydrogen) atoms. The van der Waals surface area contributed by atoms with Crippen molar-refractivity contribution in [2.24, 2.45) is 0 Å². The topological polar surface area (TPSA) is 18.1 Å². The number of furan rings is 1. The quantitative estimate of drug-likeness (QED) is 0.302. The van der Waals surface area contributed by atoms with E-state index in [9.17, 15) is 0 Å². The number of para-hydroxylation sites is 1. The summed E-state index contributed by atoms with van der Waals surface area (Å²) >= 11 is 0. The molecule has 2 nitrogen and oxygen atoms in total. The third-order valence-corrected chi connectivity index (χ3v) is 5.69. The fourth-order valence-corrected chi connectivity index (χ4v) is 4.55. The summed E-state index contributed by atoms with van der Waals surface area (Å²) < 4.78 is 8.80. The van der Waals surface area contributed by atoms with Crippen molar-refractivity contribution in [3.05, 3.63) is 72.8 Å². The number of benzene rings is 4. The van der Waals surface area contributed by atoms with Gasteiger partial charge in [-0.25, -0.2) is 0 Å². The van der Waals surface area contributed by atoms with Gasteiger partial charge in [0.15, 0.2) is 0 Å². The van der Waals surface area contributed by atoms with Gasteiger partial charge >= 0.3 is 0 Å². The number of nitrogens with zero attached hydrogens (tertiary/aromatic N) is 1. The summed E-state index contributed by atoms with van der Waals surface area (Å²) in [5.41, 5.74) is 4.45. The van der Waals surface area contributed by atoms with Crippen LogP contribution in [-0.4, -0.2) is 4.57 Å². The van der Waals surface area contributed by atoms with Gasteiger partial charge in [-0.1, -0.05) is 42.5 Å². The Morgan fingerprint density at radius 1 is 0.704 bits per heavy atom. The van der Waals surface area contributed by atoms with E-state index in [1.165, 1.54) is 43.4 Å². The molecule has 0 spiro atoms. The van der Waals surface area contributed by atoms with Crippen molar-refractivity contribution < 1.29 is 4.42 Å². The summed E-state index contributed by atoms with van der Waals surface area (Å²) in [6, 6.07) is 26.4. The average molecular weight is 349 g/mol. The van der Waals surface area contributed by atoms with Gasteiger partial charge in [0.1, 0.15) is 11.2 Å². The van der Waals surface area contributed by atoms with Crippen LogP contribution in [0.25, 0.3) is 54.5 Å². The zero-order valence-corrected chi connectivity index (χ0v) is 15.4. The highest BCUT2D eigenvalue weighted by molar-refractivity contribution is 6.24. The van der Waals surface area contributed by atoms with E-state index in [2.05, 4.69) is 85.1 Å². The molecule has 4 aromatic carbocycles. The first kappa shape index (κ1) is 14.9. The number of hydrogen-bond acceptors (Lipinski definition) is 1. The molecule has 130 valence electrons. The molecule has 0 aliphatic carbocycles. The van der Waals surface area contributed by atoms with Crippen molar-refractivity contribution in [1.29, 1.82) is 0 Å². The number of fused-ring (bicyclic) bond motifs is 8. The molecule has 2 heterocycles. The molecule has 0 amide bonds. The van der Waals surface area contributed by atoms with E-state index < -0.39 is 0 Å². The van der Waals surface area contributed by atoms with Crippen LogP contribution in [-0.2, 0) is 0 Å². The fraction of sp³-hybridized carbons (Fsp3) is 0.120. The van der Waals surface area contributed by atoms with Crippen molar-refractivity contribution in [3.8, 4) is 0 Å². The Morgan fingerprint density at radius 3 is 2.26 bits per heavy atom. The Bertz CT molecular complexity index is 1500. The van der Waals surface area contributed by atoms with Crippen LogP contribution in [0.3, 0.4) is 0 Å². The normalized spacial score (nSPS) is 12.4. The van der Waals surface area contributed by atoms with E-state index in [1.807, 2.05) is 6.07 Å². The molecule has 2 aromatic heterocycles. The predicted octanol–water partition coefficient (Wildman–Crippen LogP) is 7.43. The molecule has 0 saturated carbocycles. The molecule has 0 N–H and O–H groups in total. The molecular formula is C25H19NO. The van der Waals surface area contributed by atoms with Crippen LogP contribution in [0.15, 0.2) is 77.2 Å². The van der Waals surface area contributed by atoms with Gasteiger partial charge in [0.05, 0.1) is 16.4 Å². The SMILES string of the molecule is CC(C)n1c2cc3ccccc3cc2c2c3oc4ccccc4c3ccc21. The minimum absolute atomic E-state index is 0.369. The number of rotatable bonds is 1. The van der Waals surface area contributed by atoms with Gasteiger partial charge in [-0.2, -0.15) is 0 Å². The van der Waals surface area contributed by atoms with Gasteiger partial charge in [-0.3, -0.25) is 0 Å². The van der Waals surface area contributed by atoms with Crippen molar-refractivity contribution >= 4 is 54.5 Å². The van der Waals surface area contributed by atoms with Crippen LogP contribution < -0.4 is 0 Å². The molecule has 0 bridgehead atoms. The lowest BCUT2D eigenvalue weighted by Crippen LogP contribution is -1.99. The highest BCUT2D eigenvalue weighted by atomic mass is 16.3. The summed E-state index contributed by atoms with van der Waals surface area (Å²) in [5, 5.41) is 7.39. The van der Waals surface area contributed by atoms with E-state index in [-0.39, 0.29) is 0 Å². The van der Waals surface area contributed by atoms with E-state index in [0.29, 0.717) is 6.04 Å². The standard InChI is InChI=1S/C25H19NO/c1-15(2)26-21-12-11-19-18-9-5-6-10-23(18)27-25(19)24(21)20-13-16-7-3-4-8-17(16)14-22(20)26/h3-15H,1-2H3. The van der Waals surface area contributed by atoms with Crippen molar-refractivity contribution in [3.63, 3.8) is 0 Å². The minimum atomic E-state index is 0.369. The predicted molar refractivity (Wildman–Crippen MR) is 115 cm³/mol. The molecule has 0 atom stereocenters. The molecule has 0 fully saturated rings. The first-order valence-corrected chi connectivity index (χ1v) is 9.49. The summed E-state index contributed by atoms with van der Waals surface area (Å²) in [7, 11) is 0. The Kier molecular flexibility index (Phi) is 2.83. The summed E-state index contributed by atoms with van der Waals surface area (Å²) in [6.45, 7) is 4.49. The molecule has 0 unspecified atom stereocenters. The maximum atomic E-state index is 6.37. The number of aromatic nitrogens is 1. The lowest BCUT2D eigenvalue weighted by atomic mass is 10.0. The van der Waals surface area contributed by atoms with Crippen LogP contribution in [0, 0.1) is 0 Å². The van der Waals surface area contributed by atoms with Crippen LogP contribution in [0.2, 0.25) is 0 Å². The Labute approximate surface area is 156 Å². The van der Waals surface area contributed by atoms with Crippen molar-refractivity contribution in [2.75, 3.05) is 0 Å². The lowest BCUT2D eigenvalue weighted by molar-refractivity contribution is 0.642. The second-order valence-corrected chi connectivity index (χ2v) is 7.61. The van der Waals surface area contributed by atoms with Crippen molar-refractivity contribution in [2.45, 2.75) is 19.9 Å². The Morgan fingerprint density at radius 2 is 1.44 bits per heavy atom. The molecule has 6 rings (SSSR count). The van der Waals surface area contributed by atoms with Gasteiger partial charge < -0.3 is 8.98 Å². The van der Waals surface area contributed by atoms with E-state index >= 15 is 0 Å². The largest absolute Gasteiger partial charge is 0.455 e. The summed E-state index contributed by atoms with van der Waals surface area (Å²) in [5.74, 6) is 0. The average Bonchev–Trinajstić information content (AvgIpc) is 3.21. The molecule has 0 radical (unpaired) electrons. The van der Waals surface area contributed by atoms with Crippen LogP contribution in [0.4, 0.5) is 0 Å². The van der Waals surface area contributed by atoms with Gasteiger partial charge in [0.2, 0.25) is 0 Å². The van der Waals surface area contributed by atoms with Gasteiger partial charge in [0.25, 0.3) is 0 Å².